The van der Waals surface area contributed by atoms with Crippen molar-refractivity contribution in [1.29, 1.82) is 0 Å². The highest BCUT2D eigenvalue weighted by atomic mass is 16.5. The zero-order valence-corrected chi connectivity index (χ0v) is 18.9. The molecule has 0 aliphatic carbocycles. The van der Waals surface area contributed by atoms with E-state index in [0.717, 1.165) is 41.4 Å². The number of hydrogen-bond donors (Lipinski definition) is 0. The van der Waals surface area contributed by atoms with Crippen molar-refractivity contribution in [2.75, 3.05) is 62.3 Å². The molecule has 0 aromatic carbocycles. The summed E-state index contributed by atoms with van der Waals surface area (Å²) in [5.74, 6) is 2.19. The summed E-state index contributed by atoms with van der Waals surface area (Å²) < 4.78 is 11.0. The van der Waals surface area contributed by atoms with Gasteiger partial charge >= 0.3 is 0 Å². The van der Waals surface area contributed by atoms with Crippen molar-refractivity contribution in [2.24, 2.45) is 0 Å². The number of ether oxygens (including phenoxy) is 1. The Labute approximate surface area is 192 Å². The third-order valence-electron chi connectivity index (χ3n) is 6.11. The van der Waals surface area contributed by atoms with Crippen LogP contribution in [0.25, 0.3) is 22.5 Å². The molecule has 10 nitrogen and oxygen atoms in total. The Balaban J connectivity index is 1.50. The van der Waals surface area contributed by atoms with Gasteiger partial charge in [0.1, 0.15) is 5.76 Å². The van der Waals surface area contributed by atoms with Gasteiger partial charge in [-0.3, -0.25) is 4.79 Å². The molecule has 33 heavy (non-hydrogen) atoms. The molecule has 0 atom stereocenters. The zero-order valence-electron chi connectivity index (χ0n) is 18.9. The second kappa shape index (κ2) is 9.14. The summed E-state index contributed by atoms with van der Waals surface area (Å²) >= 11 is 0. The lowest BCUT2D eigenvalue weighted by atomic mass is 10.1. The van der Waals surface area contributed by atoms with E-state index in [1.807, 2.05) is 30.2 Å². The van der Waals surface area contributed by atoms with Gasteiger partial charge in [-0.2, -0.15) is 0 Å². The van der Waals surface area contributed by atoms with Gasteiger partial charge in [0.05, 0.1) is 30.9 Å². The van der Waals surface area contributed by atoms with Crippen molar-refractivity contribution in [3.63, 3.8) is 0 Å². The molecule has 3 aromatic heterocycles. The molecule has 0 radical (unpaired) electrons. The van der Waals surface area contributed by atoms with E-state index in [1.54, 1.807) is 19.4 Å². The largest absolute Gasteiger partial charge is 0.469 e. The lowest BCUT2D eigenvalue weighted by Crippen LogP contribution is -2.48. The van der Waals surface area contributed by atoms with Crippen molar-refractivity contribution in [3.8, 4) is 22.5 Å². The van der Waals surface area contributed by atoms with Crippen LogP contribution in [0.5, 0.6) is 0 Å². The van der Waals surface area contributed by atoms with E-state index in [9.17, 15) is 4.79 Å². The van der Waals surface area contributed by atoms with Gasteiger partial charge in [-0.1, -0.05) is 0 Å². The number of rotatable bonds is 4. The molecule has 0 spiro atoms. The number of anilines is 2. The molecule has 2 fully saturated rings. The fourth-order valence-corrected chi connectivity index (χ4v) is 4.18. The van der Waals surface area contributed by atoms with Gasteiger partial charge in [0.2, 0.25) is 17.8 Å². The third-order valence-corrected chi connectivity index (χ3v) is 6.11. The highest BCUT2D eigenvalue weighted by Gasteiger charge is 2.23. The molecule has 2 aliphatic rings. The van der Waals surface area contributed by atoms with E-state index < -0.39 is 0 Å². The Morgan fingerprint density at radius 3 is 2.33 bits per heavy atom. The van der Waals surface area contributed by atoms with Crippen LogP contribution in [-0.4, -0.2) is 83.2 Å². The SMILES string of the molecule is CC(=O)N1CCN(c2ncc(-c3ccnc(N4CCOCC4)n3)c(-c3ccoc3C)n2)CC1. The number of amides is 1. The van der Waals surface area contributed by atoms with Gasteiger partial charge in [-0.25, -0.2) is 19.9 Å². The standard InChI is InChI=1S/C23H27N7O3/c1-16-18(4-12-33-16)21-19(20-3-5-24-22(26-20)30-10-13-32-14-11-30)15-25-23(27-21)29-8-6-28(7-9-29)17(2)31/h3-5,12,15H,6-11,13-14H2,1-2H3. The van der Waals surface area contributed by atoms with Crippen molar-refractivity contribution in [2.45, 2.75) is 13.8 Å². The average Bonchev–Trinajstić information content (AvgIpc) is 3.30. The van der Waals surface area contributed by atoms with Crippen LogP contribution in [0.2, 0.25) is 0 Å². The molecule has 0 unspecified atom stereocenters. The van der Waals surface area contributed by atoms with Gasteiger partial charge in [0.25, 0.3) is 0 Å². The maximum absolute atomic E-state index is 11.7. The summed E-state index contributed by atoms with van der Waals surface area (Å²) in [6.07, 6.45) is 5.27. The Kier molecular flexibility index (Phi) is 5.91. The number of morpholine rings is 1. The maximum atomic E-state index is 11.7. The minimum atomic E-state index is 0.0976. The predicted molar refractivity (Wildman–Crippen MR) is 123 cm³/mol. The highest BCUT2D eigenvalue weighted by Crippen LogP contribution is 2.33. The second-order valence-corrected chi connectivity index (χ2v) is 8.16. The van der Waals surface area contributed by atoms with Gasteiger partial charge in [0, 0.05) is 69.7 Å². The van der Waals surface area contributed by atoms with Crippen LogP contribution in [0, 0.1) is 6.92 Å². The average molecular weight is 450 g/mol. The van der Waals surface area contributed by atoms with Crippen LogP contribution in [0.3, 0.4) is 0 Å². The Bertz CT molecular complexity index is 1130. The maximum Gasteiger partial charge on any atom is 0.226 e. The van der Waals surface area contributed by atoms with Crippen molar-refractivity contribution >= 4 is 17.8 Å². The van der Waals surface area contributed by atoms with E-state index >= 15 is 0 Å². The number of aryl methyl sites for hydroxylation is 1. The van der Waals surface area contributed by atoms with Gasteiger partial charge in [-0.15, -0.1) is 0 Å². The monoisotopic (exact) mass is 449 g/mol. The number of carbonyl (C=O) groups is 1. The first-order chi connectivity index (χ1) is 16.1. The van der Waals surface area contributed by atoms with Crippen molar-refractivity contribution < 1.29 is 13.9 Å². The van der Waals surface area contributed by atoms with Crippen LogP contribution < -0.4 is 9.80 Å². The molecule has 10 heteroatoms. The van der Waals surface area contributed by atoms with Crippen LogP contribution in [0.15, 0.2) is 35.2 Å². The number of furan rings is 1. The molecular weight excluding hydrogens is 422 g/mol. The highest BCUT2D eigenvalue weighted by molar-refractivity contribution is 5.80. The Morgan fingerprint density at radius 1 is 0.909 bits per heavy atom. The quantitative estimate of drug-likeness (QED) is 0.592. The minimum absolute atomic E-state index is 0.0976. The lowest BCUT2D eigenvalue weighted by Gasteiger charge is -2.34. The first-order valence-electron chi connectivity index (χ1n) is 11.2. The minimum Gasteiger partial charge on any atom is -0.469 e. The van der Waals surface area contributed by atoms with Gasteiger partial charge in [0.15, 0.2) is 0 Å². The fourth-order valence-electron chi connectivity index (χ4n) is 4.18. The lowest BCUT2D eigenvalue weighted by molar-refractivity contribution is -0.129. The second-order valence-electron chi connectivity index (χ2n) is 8.16. The van der Waals surface area contributed by atoms with E-state index in [0.29, 0.717) is 51.3 Å². The summed E-state index contributed by atoms with van der Waals surface area (Å²) in [5.41, 5.74) is 3.26. The third kappa shape index (κ3) is 4.38. The van der Waals surface area contributed by atoms with Gasteiger partial charge in [-0.05, 0) is 19.1 Å². The van der Waals surface area contributed by atoms with Crippen LogP contribution in [-0.2, 0) is 9.53 Å². The summed E-state index contributed by atoms with van der Waals surface area (Å²) in [5, 5.41) is 0. The normalized spacial score (nSPS) is 16.8. The topological polar surface area (TPSA) is 101 Å². The molecule has 2 saturated heterocycles. The molecule has 0 bridgehead atoms. The predicted octanol–water partition coefficient (Wildman–Crippen LogP) is 2.01. The number of piperazine rings is 1. The number of nitrogens with zero attached hydrogens (tertiary/aromatic N) is 7. The fraction of sp³-hybridized carbons (Fsp3) is 0.435. The first kappa shape index (κ1) is 21.3. The molecule has 5 rings (SSSR count). The molecule has 2 aliphatic heterocycles. The molecule has 3 aromatic rings. The first-order valence-corrected chi connectivity index (χ1v) is 11.2. The molecule has 5 heterocycles. The molecule has 0 saturated carbocycles. The van der Waals surface area contributed by atoms with E-state index in [1.165, 1.54) is 0 Å². The molecule has 172 valence electrons. The number of carbonyl (C=O) groups excluding carboxylic acids is 1. The summed E-state index contributed by atoms with van der Waals surface area (Å²) in [6.45, 7) is 9.10. The number of aromatic nitrogens is 4. The van der Waals surface area contributed by atoms with Crippen LogP contribution in [0.4, 0.5) is 11.9 Å². The molecule has 1 amide bonds. The van der Waals surface area contributed by atoms with Crippen LogP contribution >= 0.6 is 0 Å². The number of hydrogen-bond acceptors (Lipinski definition) is 9. The van der Waals surface area contributed by atoms with E-state index in [2.05, 4.69) is 19.8 Å². The van der Waals surface area contributed by atoms with Crippen molar-refractivity contribution in [1.82, 2.24) is 24.8 Å². The Hall–Kier alpha value is -3.53. The van der Waals surface area contributed by atoms with Gasteiger partial charge < -0.3 is 23.9 Å². The van der Waals surface area contributed by atoms with Crippen LogP contribution in [0.1, 0.15) is 12.7 Å². The van der Waals surface area contributed by atoms with E-state index in [-0.39, 0.29) is 5.91 Å². The molecule has 0 N–H and O–H groups in total. The van der Waals surface area contributed by atoms with Crippen molar-refractivity contribution in [3.05, 3.63) is 36.5 Å². The summed E-state index contributed by atoms with van der Waals surface area (Å²) in [7, 11) is 0. The summed E-state index contributed by atoms with van der Waals surface area (Å²) in [6, 6.07) is 3.80. The van der Waals surface area contributed by atoms with E-state index in [4.69, 9.17) is 19.1 Å². The molecular formula is C23H27N7O3. The summed E-state index contributed by atoms with van der Waals surface area (Å²) in [4.78, 5) is 36.7. The Morgan fingerprint density at radius 2 is 1.64 bits per heavy atom. The zero-order chi connectivity index (χ0) is 22.8. The smallest absolute Gasteiger partial charge is 0.226 e.